The van der Waals surface area contributed by atoms with E-state index >= 15 is 0 Å². The first-order valence-corrected chi connectivity index (χ1v) is 6.90. The van der Waals surface area contributed by atoms with Gasteiger partial charge in [0.2, 0.25) is 0 Å². The molecule has 0 aliphatic heterocycles. The van der Waals surface area contributed by atoms with Gasteiger partial charge < -0.3 is 9.84 Å². The number of ether oxygens (including phenoxy) is 1. The van der Waals surface area contributed by atoms with Crippen LogP contribution >= 0.6 is 11.6 Å². The number of carboxylic acids is 1. The van der Waals surface area contributed by atoms with Crippen molar-refractivity contribution in [1.82, 2.24) is 15.2 Å². The monoisotopic (exact) mass is 309 g/mol. The Kier molecular flexibility index (Phi) is 4.93. The summed E-state index contributed by atoms with van der Waals surface area (Å²) in [6.45, 7) is 2.40. The van der Waals surface area contributed by atoms with Gasteiger partial charge in [-0.1, -0.05) is 18.5 Å². The van der Waals surface area contributed by atoms with E-state index in [0.29, 0.717) is 47.2 Å². The predicted octanol–water partition coefficient (Wildman–Crippen LogP) is 2.57. The maximum atomic E-state index is 11.3. The van der Waals surface area contributed by atoms with E-state index < -0.39 is 5.97 Å². The van der Waals surface area contributed by atoms with Gasteiger partial charge in [0.25, 0.3) is 0 Å². The van der Waals surface area contributed by atoms with Crippen LogP contribution in [0.5, 0.6) is 0 Å². The van der Waals surface area contributed by atoms with Crippen molar-refractivity contribution in [3.63, 3.8) is 0 Å². The molecule has 1 aromatic heterocycles. The molecule has 0 radical (unpaired) electrons. The second-order valence-electron chi connectivity index (χ2n) is 4.49. The number of H-pyrrole nitrogens is 1. The lowest BCUT2D eigenvalue weighted by Crippen LogP contribution is -2.03. The van der Waals surface area contributed by atoms with Crippen LogP contribution in [0.25, 0.3) is 11.4 Å². The van der Waals surface area contributed by atoms with Gasteiger partial charge in [-0.15, -0.1) is 0 Å². The lowest BCUT2D eigenvalue weighted by atomic mass is 10.0. The fraction of sp³-hybridized carbons (Fsp3) is 0.357. The molecule has 1 aromatic carbocycles. The van der Waals surface area contributed by atoms with Gasteiger partial charge in [-0.2, -0.15) is 5.10 Å². The molecule has 2 N–H and O–H groups in total. The maximum Gasteiger partial charge on any atom is 0.336 e. The number of aromatic carboxylic acids is 1. The second-order valence-corrected chi connectivity index (χ2v) is 4.90. The molecule has 112 valence electrons. The van der Waals surface area contributed by atoms with Crippen LogP contribution in [0.3, 0.4) is 0 Å². The van der Waals surface area contributed by atoms with Crippen molar-refractivity contribution in [1.29, 1.82) is 0 Å². The summed E-state index contributed by atoms with van der Waals surface area (Å²) in [5.41, 5.74) is 1.38. The molecular weight excluding hydrogens is 294 g/mol. The maximum absolute atomic E-state index is 11.3. The molecule has 0 bridgehead atoms. The molecule has 0 fully saturated rings. The third kappa shape index (κ3) is 3.40. The minimum absolute atomic E-state index is 0.184. The zero-order chi connectivity index (χ0) is 15.4. The zero-order valence-corrected chi connectivity index (χ0v) is 12.6. The van der Waals surface area contributed by atoms with Crippen LogP contribution in [0.4, 0.5) is 0 Å². The molecule has 21 heavy (non-hydrogen) atoms. The van der Waals surface area contributed by atoms with E-state index in [0.717, 1.165) is 0 Å². The van der Waals surface area contributed by atoms with Crippen molar-refractivity contribution in [3.8, 4) is 11.4 Å². The molecule has 0 spiro atoms. The Labute approximate surface area is 127 Å². The van der Waals surface area contributed by atoms with Gasteiger partial charge in [-0.3, -0.25) is 5.10 Å². The molecule has 1 heterocycles. The molecule has 0 aliphatic carbocycles. The number of nitrogens with zero attached hydrogens (tertiary/aromatic N) is 2. The number of methoxy groups -OCH3 is 1. The zero-order valence-electron chi connectivity index (χ0n) is 11.8. The summed E-state index contributed by atoms with van der Waals surface area (Å²) in [5.74, 6) is 0.0957. The topological polar surface area (TPSA) is 88.1 Å². The summed E-state index contributed by atoms with van der Waals surface area (Å²) in [6, 6.07) is 3.24. The van der Waals surface area contributed by atoms with Crippen LogP contribution in [0.2, 0.25) is 5.02 Å². The van der Waals surface area contributed by atoms with E-state index in [-0.39, 0.29) is 5.56 Å². The summed E-state index contributed by atoms with van der Waals surface area (Å²) in [6.07, 6.45) is 1.16. The molecule has 2 aromatic rings. The number of hydrogen-bond acceptors (Lipinski definition) is 4. The molecule has 0 amide bonds. The molecule has 7 heteroatoms. The molecular formula is C14H16ClN3O3. The summed E-state index contributed by atoms with van der Waals surface area (Å²) >= 11 is 6.17. The summed E-state index contributed by atoms with van der Waals surface area (Å²) in [7, 11) is 1.61. The number of aromatic amines is 1. The Morgan fingerprint density at radius 3 is 2.86 bits per heavy atom. The van der Waals surface area contributed by atoms with Crippen molar-refractivity contribution in [2.75, 3.05) is 13.7 Å². The Morgan fingerprint density at radius 2 is 2.24 bits per heavy atom. The van der Waals surface area contributed by atoms with Gasteiger partial charge in [0, 0.05) is 24.1 Å². The van der Waals surface area contributed by atoms with E-state index in [2.05, 4.69) is 15.2 Å². The number of aromatic nitrogens is 3. The fourth-order valence-electron chi connectivity index (χ4n) is 2.05. The Hall–Kier alpha value is -1.92. The van der Waals surface area contributed by atoms with E-state index in [1.54, 1.807) is 19.2 Å². The normalized spacial score (nSPS) is 10.8. The molecule has 0 atom stereocenters. The van der Waals surface area contributed by atoms with E-state index in [1.165, 1.54) is 0 Å². The van der Waals surface area contributed by atoms with Crippen molar-refractivity contribution >= 4 is 17.6 Å². The number of rotatable bonds is 6. The van der Waals surface area contributed by atoms with Crippen LogP contribution in [0, 0.1) is 0 Å². The summed E-state index contributed by atoms with van der Waals surface area (Å²) in [5, 5.41) is 16.6. The Bertz CT molecular complexity index is 655. The first-order chi connectivity index (χ1) is 10.1. The van der Waals surface area contributed by atoms with Gasteiger partial charge in [0.1, 0.15) is 5.82 Å². The molecule has 0 saturated heterocycles. The largest absolute Gasteiger partial charge is 0.478 e. The van der Waals surface area contributed by atoms with Crippen LogP contribution in [0.1, 0.15) is 28.7 Å². The predicted molar refractivity (Wildman–Crippen MR) is 78.7 cm³/mol. The van der Waals surface area contributed by atoms with Crippen molar-refractivity contribution in [2.24, 2.45) is 0 Å². The van der Waals surface area contributed by atoms with Crippen molar-refractivity contribution in [2.45, 2.75) is 19.8 Å². The highest BCUT2D eigenvalue weighted by molar-refractivity contribution is 6.32. The molecule has 0 unspecified atom stereocenters. The van der Waals surface area contributed by atoms with Crippen LogP contribution < -0.4 is 0 Å². The van der Waals surface area contributed by atoms with Gasteiger partial charge >= 0.3 is 5.97 Å². The molecule has 2 rings (SSSR count). The van der Waals surface area contributed by atoms with Crippen LogP contribution in [-0.4, -0.2) is 40.0 Å². The van der Waals surface area contributed by atoms with Crippen LogP contribution in [0.15, 0.2) is 12.1 Å². The quantitative estimate of drug-likeness (QED) is 0.856. The first-order valence-electron chi connectivity index (χ1n) is 6.53. The highest BCUT2D eigenvalue weighted by atomic mass is 35.5. The molecule has 6 nitrogen and oxygen atoms in total. The van der Waals surface area contributed by atoms with Gasteiger partial charge in [-0.25, -0.2) is 9.78 Å². The second kappa shape index (κ2) is 6.69. The fourth-order valence-corrected chi connectivity index (χ4v) is 2.40. The number of benzene rings is 1. The SMILES string of the molecule is CCc1c(Cl)cc(-c2n[nH]c(CCOC)n2)cc1C(=O)O. The summed E-state index contributed by atoms with van der Waals surface area (Å²) in [4.78, 5) is 15.7. The van der Waals surface area contributed by atoms with Gasteiger partial charge in [-0.05, 0) is 24.1 Å². The standard InChI is InChI=1S/C14H16ClN3O3/c1-3-9-10(14(19)20)6-8(7-11(9)15)13-16-12(17-18-13)4-5-21-2/h6-7H,3-5H2,1-2H3,(H,19,20)(H,16,17,18). The minimum atomic E-state index is -1.01. The van der Waals surface area contributed by atoms with E-state index in [1.807, 2.05) is 6.92 Å². The van der Waals surface area contributed by atoms with E-state index in [4.69, 9.17) is 16.3 Å². The number of hydrogen-bond donors (Lipinski definition) is 2. The number of carbonyl (C=O) groups is 1. The lowest BCUT2D eigenvalue weighted by Gasteiger charge is -2.08. The van der Waals surface area contributed by atoms with E-state index in [9.17, 15) is 9.90 Å². The average molecular weight is 310 g/mol. The summed E-state index contributed by atoms with van der Waals surface area (Å²) < 4.78 is 4.97. The molecule has 0 saturated carbocycles. The Morgan fingerprint density at radius 1 is 1.48 bits per heavy atom. The van der Waals surface area contributed by atoms with Crippen molar-refractivity contribution < 1.29 is 14.6 Å². The third-order valence-electron chi connectivity index (χ3n) is 3.11. The number of carboxylic acid groups (broad SMARTS) is 1. The number of nitrogens with one attached hydrogen (secondary N) is 1. The average Bonchev–Trinajstić information content (AvgIpc) is 2.92. The smallest absolute Gasteiger partial charge is 0.336 e. The molecule has 0 aliphatic rings. The highest BCUT2D eigenvalue weighted by Gasteiger charge is 2.16. The van der Waals surface area contributed by atoms with Crippen LogP contribution in [-0.2, 0) is 17.6 Å². The Balaban J connectivity index is 2.40. The van der Waals surface area contributed by atoms with Gasteiger partial charge in [0.15, 0.2) is 5.82 Å². The highest BCUT2D eigenvalue weighted by Crippen LogP contribution is 2.27. The van der Waals surface area contributed by atoms with Crippen molar-refractivity contribution in [3.05, 3.63) is 34.1 Å². The number of halogens is 1. The first kappa shape index (κ1) is 15.5. The van der Waals surface area contributed by atoms with Gasteiger partial charge in [0.05, 0.1) is 12.2 Å². The lowest BCUT2D eigenvalue weighted by molar-refractivity contribution is 0.0696. The minimum Gasteiger partial charge on any atom is -0.478 e. The third-order valence-corrected chi connectivity index (χ3v) is 3.45.